The molecule has 2 fully saturated rings. The van der Waals surface area contributed by atoms with Gasteiger partial charge in [0, 0.05) is 12.2 Å². The van der Waals surface area contributed by atoms with Crippen molar-refractivity contribution in [2.45, 2.75) is 128 Å². The van der Waals surface area contributed by atoms with E-state index in [2.05, 4.69) is 37.8 Å². The zero-order valence-corrected chi connectivity index (χ0v) is 23.9. The Kier molecular flexibility index (Phi) is 13.2. The highest BCUT2D eigenvalue weighted by Gasteiger charge is 2.28. The summed E-state index contributed by atoms with van der Waals surface area (Å²) in [4.78, 5) is 11.6. The lowest BCUT2D eigenvalue weighted by atomic mass is 9.71. The van der Waals surface area contributed by atoms with Crippen LogP contribution in [0.1, 0.15) is 140 Å². The number of hydrogen-bond donors (Lipinski definition) is 1. The summed E-state index contributed by atoms with van der Waals surface area (Å²) >= 11 is 0. The number of esters is 1. The Labute approximate surface area is 227 Å². The number of unbranched alkanes of at least 4 members (excludes halogenated alkanes) is 2. The molecule has 1 unspecified atom stereocenters. The molecule has 3 nitrogen and oxygen atoms in total. The highest BCUT2D eigenvalue weighted by atomic mass is 16.5. The number of hydrogen-bond acceptors (Lipinski definition) is 3. The molecule has 3 rings (SSSR count). The summed E-state index contributed by atoms with van der Waals surface area (Å²) < 4.78 is 5.31. The maximum Gasteiger partial charge on any atom is 0.333 e. The van der Waals surface area contributed by atoms with Crippen LogP contribution in [0, 0.1) is 17.8 Å². The van der Waals surface area contributed by atoms with Crippen molar-refractivity contribution in [1.29, 1.82) is 0 Å². The first-order valence-corrected chi connectivity index (χ1v) is 15.5. The fraction of sp³-hybridized carbons (Fsp3) is 0.735. The van der Waals surface area contributed by atoms with Gasteiger partial charge in [-0.3, -0.25) is 0 Å². The van der Waals surface area contributed by atoms with Crippen molar-refractivity contribution in [2.75, 3.05) is 13.2 Å². The molecule has 0 amide bonds. The molecule has 1 N–H and O–H groups in total. The summed E-state index contributed by atoms with van der Waals surface area (Å²) in [6.45, 7) is 8.39. The summed E-state index contributed by atoms with van der Waals surface area (Å²) in [6, 6.07) is 9.76. The minimum atomic E-state index is -0.284. The van der Waals surface area contributed by atoms with E-state index in [1.54, 1.807) is 12.5 Å². The number of ether oxygens (including phenoxy) is 1. The topological polar surface area (TPSA) is 46.5 Å². The van der Waals surface area contributed by atoms with Crippen molar-refractivity contribution in [3.8, 4) is 0 Å². The molecule has 3 heteroatoms. The van der Waals surface area contributed by atoms with Crippen molar-refractivity contribution in [2.24, 2.45) is 17.8 Å². The van der Waals surface area contributed by atoms with Crippen molar-refractivity contribution >= 4 is 5.97 Å². The normalized spacial score (nSPS) is 24.9. The Morgan fingerprint density at radius 2 is 1.46 bits per heavy atom. The van der Waals surface area contributed by atoms with Gasteiger partial charge >= 0.3 is 5.97 Å². The fourth-order valence-electron chi connectivity index (χ4n) is 7.03. The van der Waals surface area contributed by atoms with Crippen LogP contribution in [0.15, 0.2) is 36.4 Å². The third kappa shape index (κ3) is 9.89. The highest BCUT2D eigenvalue weighted by molar-refractivity contribution is 5.86. The molecule has 2 aliphatic rings. The van der Waals surface area contributed by atoms with Crippen LogP contribution >= 0.6 is 0 Å². The number of aliphatic hydroxyl groups is 1. The van der Waals surface area contributed by atoms with Crippen LogP contribution in [0.3, 0.4) is 0 Å². The minimum Gasteiger partial charge on any atom is -0.462 e. The first-order chi connectivity index (χ1) is 18.0. The van der Waals surface area contributed by atoms with Crippen molar-refractivity contribution in [3.63, 3.8) is 0 Å². The van der Waals surface area contributed by atoms with Crippen LogP contribution in [0.5, 0.6) is 0 Å². The lowest BCUT2D eigenvalue weighted by Crippen LogP contribution is -2.22. The number of aliphatic hydroxyl groups excluding tert-OH is 1. The first kappa shape index (κ1) is 29.9. The number of carbonyl (C=O) groups excluding carboxylic acids is 1. The van der Waals surface area contributed by atoms with Crippen LogP contribution in [0.25, 0.3) is 0 Å². The van der Waals surface area contributed by atoms with E-state index >= 15 is 0 Å². The van der Waals surface area contributed by atoms with Crippen LogP contribution in [0.4, 0.5) is 0 Å². The summed E-state index contributed by atoms with van der Waals surface area (Å²) in [7, 11) is 0. The van der Waals surface area contributed by atoms with E-state index in [0.29, 0.717) is 24.0 Å². The molecule has 1 aromatic carbocycles. The van der Waals surface area contributed by atoms with Crippen LogP contribution in [-0.4, -0.2) is 24.3 Å². The number of rotatable bonds is 15. The lowest BCUT2D eigenvalue weighted by Gasteiger charge is -2.34. The van der Waals surface area contributed by atoms with E-state index in [4.69, 9.17) is 4.74 Å². The smallest absolute Gasteiger partial charge is 0.333 e. The fourth-order valence-corrected chi connectivity index (χ4v) is 7.03. The molecule has 0 saturated heterocycles. The van der Waals surface area contributed by atoms with Crippen LogP contribution < -0.4 is 0 Å². The Bertz CT molecular complexity index is 782. The van der Waals surface area contributed by atoms with Crippen molar-refractivity contribution in [3.05, 3.63) is 47.5 Å². The highest BCUT2D eigenvalue weighted by Crippen LogP contribution is 2.42. The van der Waals surface area contributed by atoms with E-state index in [9.17, 15) is 9.90 Å². The Balaban J connectivity index is 1.43. The average Bonchev–Trinajstić information content (AvgIpc) is 2.93. The molecule has 37 heavy (non-hydrogen) atoms. The molecule has 1 atom stereocenters. The summed E-state index contributed by atoms with van der Waals surface area (Å²) in [5.41, 5.74) is 3.57. The van der Waals surface area contributed by atoms with Gasteiger partial charge in [-0.2, -0.15) is 0 Å². The largest absolute Gasteiger partial charge is 0.462 e. The molecule has 0 aromatic heterocycles. The predicted octanol–water partition coefficient (Wildman–Crippen LogP) is 9.10. The molecule has 0 radical (unpaired) electrons. The van der Waals surface area contributed by atoms with Gasteiger partial charge in [-0.15, -0.1) is 0 Å². The predicted molar refractivity (Wildman–Crippen MR) is 155 cm³/mol. The van der Waals surface area contributed by atoms with Crippen LogP contribution in [0.2, 0.25) is 0 Å². The first-order valence-electron chi connectivity index (χ1n) is 15.5. The Hall–Kier alpha value is -1.61. The summed E-state index contributed by atoms with van der Waals surface area (Å²) in [6.07, 6.45) is 20.2. The van der Waals surface area contributed by atoms with E-state index in [1.165, 1.54) is 82.6 Å². The third-order valence-corrected chi connectivity index (χ3v) is 9.41. The van der Waals surface area contributed by atoms with Gasteiger partial charge in [0.1, 0.15) is 0 Å². The van der Waals surface area contributed by atoms with Crippen molar-refractivity contribution < 1.29 is 14.6 Å². The van der Waals surface area contributed by atoms with Gasteiger partial charge < -0.3 is 9.84 Å². The van der Waals surface area contributed by atoms with Crippen molar-refractivity contribution in [1.82, 2.24) is 0 Å². The SMILES string of the molecule is C=C(C)C(=O)OCCCC(CCCO)C1CCC(c2ccc(C3CCC(CCCCC)CC3)cc2)CC1. The van der Waals surface area contributed by atoms with E-state index in [0.717, 1.165) is 43.4 Å². The zero-order chi connectivity index (χ0) is 26.5. The van der Waals surface area contributed by atoms with E-state index in [-0.39, 0.29) is 12.6 Å². The average molecular weight is 511 g/mol. The van der Waals surface area contributed by atoms with Gasteiger partial charge in [-0.25, -0.2) is 4.79 Å². The van der Waals surface area contributed by atoms with Gasteiger partial charge in [0.05, 0.1) is 6.61 Å². The lowest BCUT2D eigenvalue weighted by molar-refractivity contribution is -0.139. The zero-order valence-electron chi connectivity index (χ0n) is 23.9. The molecular weight excluding hydrogens is 456 g/mol. The molecule has 0 bridgehead atoms. The van der Waals surface area contributed by atoms with Gasteiger partial charge in [-0.05, 0) is 125 Å². The molecule has 0 aliphatic heterocycles. The molecule has 0 heterocycles. The van der Waals surface area contributed by atoms with E-state index < -0.39 is 0 Å². The second kappa shape index (κ2) is 16.4. The summed E-state index contributed by atoms with van der Waals surface area (Å²) in [5, 5.41) is 9.40. The molecular formula is C34H54O3. The number of carbonyl (C=O) groups is 1. The maximum absolute atomic E-state index is 11.6. The van der Waals surface area contributed by atoms with Gasteiger partial charge in [0.2, 0.25) is 0 Å². The van der Waals surface area contributed by atoms with E-state index in [1.807, 2.05) is 0 Å². The monoisotopic (exact) mass is 510 g/mol. The molecule has 2 aliphatic carbocycles. The summed E-state index contributed by atoms with van der Waals surface area (Å²) in [5.74, 6) is 3.50. The maximum atomic E-state index is 11.6. The molecule has 208 valence electrons. The minimum absolute atomic E-state index is 0.267. The molecule has 1 aromatic rings. The Morgan fingerprint density at radius 1 is 0.892 bits per heavy atom. The standard InChI is InChI=1S/C34H54O3/c1-4-5-6-9-27-12-14-29(15-13-27)31-20-22-33(23-21-31)32-18-16-30(17-19-32)28(10-7-24-35)11-8-25-37-34(36)26(2)3/h20-23,27-30,32,35H,2,4-19,24-25H2,1,3H3. The number of benzene rings is 1. The second-order valence-electron chi connectivity index (χ2n) is 12.2. The van der Waals surface area contributed by atoms with Crippen LogP contribution in [-0.2, 0) is 9.53 Å². The second-order valence-corrected chi connectivity index (χ2v) is 12.2. The Morgan fingerprint density at radius 3 is 2.00 bits per heavy atom. The third-order valence-electron chi connectivity index (χ3n) is 9.41. The van der Waals surface area contributed by atoms with Gasteiger partial charge in [0.25, 0.3) is 0 Å². The molecule has 2 saturated carbocycles. The van der Waals surface area contributed by atoms with Gasteiger partial charge in [-0.1, -0.05) is 63.5 Å². The quantitative estimate of drug-likeness (QED) is 0.145. The van der Waals surface area contributed by atoms with Gasteiger partial charge in [0.15, 0.2) is 0 Å². The molecule has 0 spiro atoms.